The Morgan fingerprint density at radius 1 is 1.19 bits per heavy atom. The van der Waals surface area contributed by atoms with Gasteiger partial charge >= 0.3 is 6.43 Å². The molecule has 4 N–H and O–H groups in total. The molecule has 0 saturated heterocycles. The molecule has 0 saturated carbocycles. The normalized spacial score (nSPS) is 11.4. The van der Waals surface area contributed by atoms with E-state index < -0.39 is 24.1 Å². The van der Waals surface area contributed by atoms with Gasteiger partial charge in [0, 0.05) is 11.6 Å². The lowest BCUT2D eigenvalue weighted by Crippen LogP contribution is -2.21. The van der Waals surface area contributed by atoms with Gasteiger partial charge in [0.15, 0.2) is 5.82 Å². The van der Waals surface area contributed by atoms with Gasteiger partial charge in [0.2, 0.25) is 5.82 Å². The third kappa shape index (κ3) is 4.56. The van der Waals surface area contributed by atoms with Crippen molar-refractivity contribution in [3.8, 4) is 5.82 Å². The van der Waals surface area contributed by atoms with Crippen molar-refractivity contribution in [3.63, 3.8) is 0 Å². The number of pyridine rings is 1. The van der Waals surface area contributed by atoms with Crippen LogP contribution in [0.2, 0.25) is 10.0 Å². The zero-order chi connectivity index (χ0) is 26.3. The summed E-state index contributed by atoms with van der Waals surface area (Å²) in [6, 6.07) is 5.96. The van der Waals surface area contributed by atoms with Crippen LogP contribution >= 0.6 is 23.2 Å². The van der Waals surface area contributed by atoms with E-state index >= 15 is 0 Å². The molecule has 0 aliphatic heterocycles. The molecule has 0 aliphatic rings. The van der Waals surface area contributed by atoms with Crippen molar-refractivity contribution in [3.05, 3.63) is 69.5 Å². The molecule has 0 radical (unpaired) electrons. The molecule has 5 aromatic rings. The second kappa shape index (κ2) is 9.51. The smallest absolute Gasteiger partial charge is 0.301 e. The zero-order valence-electron chi connectivity index (χ0n) is 18.2. The Morgan fingerprint density at radius 2 is 2.00 bits per heavy atom. The molecule has 37 heavy (non-hydrogen) atoms. The van der Waals surface area contributed by atoms with Crippen LogP contribution in [-0.2, 0) is 6.54 Å². The van der Waals surface area contributed by atoms with Gasteiger partial charge in [0.05, 0.1) is 38.7 Å². The monoisotopic (exact) mass is 547 g/mol. The van der Waals surface area contributed by atoms with Crippen LogP contribution in [0.3, 0.4) is 0 Å². The highest BCUT2D eigenvalue weighted by Gasteiger charge is 2.25. The number of rotatable bonds is 7. The van der Waals surface area contributed by atoms with Gasteiger partial charge in [-0.15, -0.1) is 10.2 Å². The zero-order valence-corrected chi connectivity index (χ0v) is 19.7. The number of nitrogens with zero attached hydrogens (tertiary/aromatic N) is 8. The molecule has 4 aromatic heterocycles. The van der Waals surface area contributed by atoms with Crippen LogP contribution in [0.25, 0.3) is 16.7 Å². The second-order valence-corrected chi connectivity index (χ2v) is 8.30. The lowest BCUT2D eigenvalue weighted by molar-refractivity contribution is 0.100. The van der Waals surface area contributed by atoms with E-state index in [0.717, 1.165) is 9.48 Å². The summed E-state index contributed by atoms with van der Waals surface area (Å²) >= 11 is 12.6. The Balaban J connectivity index is 1.57. The van der Waals surface area contributed by atoms with Crippen LogP contribution in [0.1, 0.15) is 38.8 Å². The molecule has 13 nitrogen and oxygen atoms in total. The molecule has 0 atom stereocenters. The van der Waals surface area contributed by atoms with E-state index in [1.807, 2.05) is 0 Å². The van der Waals surface area contributed by atoms with Gasteiger partial charge in [0.1, 0.15) is 12.2 Å². The van der Waals surface area contributed by atoms with Crippen molar-refractivity contribution in [1.29, 1.82) is 0 Å². The first-order valence-corrected chi connectivity index (χ1v) is 11.0. The first-order chi connectivity index (χ1) is 17.7. The topological polar surface area (TPSA) is 175 Å². The number of amides is 2. The SMILES string of the molecule is NC(=O)c1c(NC(=O)c2cc(Cn3nnc(C(F)F)n3)nn2-c2ncccc2Cl)c(Cl)cc2cn[nH]c12. The summed E-state index contributed by atoms with van der Waals surface area (Å²) in [5, 5.41) is 24.6. The van der Waals surface area contributed by atoms with Gasteiger partial charge in [-0.2, -0.15) is 15.0 Å². The maximum absolute atomic E-state index is 13.5. The fraction of sp³-hybridized carbons (Fsp3) is 0.100. The Morgan fingerprint density at radius 3 is 2.70 bits per heavy atom. The maximum atomic E-state index is 13.5. The highest BCUT2D eigenvalue weighted by Crippen LogP contribution is 2.33. The van der Waals surface area contributed by atoms with E-state index in [1.165, 1.54) is 30.6 Å². The number of carbonyl (C=O) groups excluding carboxylic acids is 2. The Bertz CT molecular complexity index is 1660. The van der Waals surface area contributed by atoms with Gasteiger partial charge in [0.25, 0.3) is 11.8 Å². The second-order valence-electron chi connectivity index (χ2n) is 7.48. The summed E-state index contributed by atoms with van der Waals surface area (Å²) in [4.78, 5) is 30.8. The summed E-state index contributed by atoms with van der Waals surface area (Å²) in [5.41, 5.74) is 5.81. The predicted molar refractivity (Wildman–Crippen MR) is 126 cm³/mol. The number of aromatic amines is 1. The molecule has 0 bridgehead atoms. The minimum absolute atomic E-state index is 0.0320. The first kappa shape index (κ1) is 24.2. The number of hydrogen-bond donors (Lipinski definition) is 3. The number of tetrazole rings is 1. The largest absolute Gasteiger partial charge is 0.365 e. The third-order valence-electron chi connectivity index (χ3n) is 5.07. The highest BCUT2D eigenvalue weighted by atomic mass is 35.5. The van der Waals surface area contributed by atoms with Crippen molar-refractivity contribution in [2.75, 3.05) is 5.32 Å². The number of aromatic nitrogens is 9. The minimum atomic E-state index is -2.91. The summed E-state index contributed by atoms with van der Waals surface area (Å²) in [5.74, 6) is -2.27. The number of H-pyrrole nitrogens is 1. The number of halogens is 4. The molecule has 5 rings (SSSR count). The fourth-order valence-electron chi connectivity index (χ4n) is 3.52. The number of nitrogens with two attached hydrogens (primary N) is 1. The van der Waals surface area contributed by atoms with Crippen molar-refractivity contribution in [2.24, 2.45) is 5.73 Å². The van der Waals surface area contributed by atoms with Crippen molar-refractivity contribution < 1.29 is 18.4 Å². The van der Waals surface area contributed by atoms with Crippen LogP contribution in [-0.4, -0.2) is 57.0 Å². The van der Waals surface area contributed by atoms with Crippen LogP contribution in [0.4, 0.5) is 14.5 Å². The molecule has 0 unspecified atom stereocenters. The van der Waals surface area contributed by atoms with Gasteiger partial charge in [-0.3, -0.25) is 14.7 Å². The van der Waals surface area contributed by atoms with Crippen molar-refractivity contribution in [2.45, 2.75) is 13.0 Å². The Hall–Kier alpha value is -4.50. The van der Waals surface area contributed by atoms with Gasteiger partial charge in [-0.25, -0.2) is 18.4 Å². The van der Waals surface area contributed by atoms with E-state index in [-0.39, 0.29) is 50.6 Å². The van der Waals surface area contributed by atoms with E-state index in [1.54, 1.807) is 6.07 Å². The molecule has 4 heterocycles. The molecule has 0 spiro atoms. The van der Waals surface area contributed by atoms with Crippen LogP contribution < -0.4 is 11.1 Å². The van der Waals surface area contributed by atoms with E-state index in [4.69, 9.17) is 28.9 Å². The average molecular weight is 548 g/mol. The summed E-state index contributed by atoms with van der Waals surface area (Å²) in [6.07, 6.45) is -0.0235. The lowest BCUT2D eigenvalue weighted by atomic mass is 10.1. The molecular formula is C20H13Cl2F2N11O2. The van der Waals surface area contributed by atoms with Crippen LogP contribution in [0.15, 0.2) is 36.7 Å². The average Bonchev–Trinajstić information content (AvgIpc) is 3.59. The summed E-state index contributed by atoms with van der Waals surface area (Å²) < 4.78 is 26.8. The number of anilines is 1. The number of carbonyl (C=O) groups is 2. The number of benzene rings is 1. The van der Waals surface area contributed by atoms with E-state index in [2.05, 4.69) is 41.0 Å². The highest BCUT2D eigenvalue weighted by molar-refractivity contribution is 6.36. The number of primary amides is 1. The van der Waals surface area contributed by atoms with Crippen molar-refractivity contribution in [1.82, 2.24) is 45.2 Å². The molecule has 188 valence electrons. The van der Waals surface area contributed by atoms with Gasteiger partial charge in [-0.1, -0.05) is 23.2 Å². The number of fused-ring (bicyclic) bond motifs is 1. The summed E-state index contributed by atoms with van der Waals surface area (Å²) in [6.45, 7) is -0.204. The Labute approximate surface area is 214 Å². The third-order valence-corrected chi connectivity index (χ3v) is 5.67. The van der Waals surface area contributed by atoms with Crippen molar-refractivity contribution >= 4 is 51.6 Å². The summed E-state index contributed by atoms with van der Waals surface area (Å²) in [7, 11) is 0. The maximum Gasteiger partial charge on any atom is 0.301 e. The molecule has 0 fully saturated rings. The number of nitrogens with one attached hydrogen (secondary N) is 2. The molecule has 1 aromatic carbocycles. The molecule has 0 aliphatic carbocycles. The minimum Gasteiger partial charge on any atom is -0.365 e. The Kier molecular flexibility index (Phi) is 6.22. The fourth-order valence-corrected chi connectivity index (χ4v) is 3.98. The van der Waals surface area contributed by atoms with Gasteiger partial charge < -0.3 is 11.1 Å². The standard InChI is InChI=1S/C20H13Cl2F2N11O2/c21-10-2-1-3-26-19(10)35-12(5-9(31-35)7-34-32-18(16(23)24)30-33-34)20(37)28-15-11(22)4-8-6-27-29-14(8)13(15)17(25)36/h1-6,16H,7H2,(H2,25,36)(H,27,29)(H,28,37). The first-order valence-electron chi connectivity index (χ1n) is 10.3. The number of alkyl halides is 2. The number of hydrogen-bond acceptors (Lipinski definition) is 8. The van der Waals surface area contributed by atoms with E-state index in [0.29, 0.717) is 5.39 Å². The molecule has 17 heteroatoms. The molecule has 2 amide bonds. The van der Waals surface area contributed by atoms with Gasteiger partial charge in [-0.05, 0) is 29.5 Å². The molecular weight excluding hydrogens is 535 g/mol. The van der Waals surface area contributed by atoms with E-state index in [9.17, 15) is 18.4 Å². The van der Waals surface area contributed by atoms with Crippen LogP contribution in [0, 0.1) is 0 Å². The quantitative estimate of drug-likeness (QED) is 0.278. The lowest BCUT2D eigenvalue weighted by Gasteiger charge is -2.13. The predicted octanol–water partition coefficient (Wildman–Crippen LogP) is 2.77. The van der Waals surface area contributed by atoms with Crippen LogP contribution in [0.5, 0.6) is 0 Å².